The van der Waals surface area contributed by atoms with Gasteiger partial charge < -0.3 is 0 Å². The molecule has 0 aliphatic carbocycles. The average molecular weight is 313 g/mol. The van der Waals surface area contributed by atoms with Crippen molar-refractivity contribution in [1.29, 1.82) is 0 Å². The molecule has 0 spiro atoms. The van der Waals surface area contributed by atoms with Crippen LogP contribution in [0.15, 0.2) is 45.4 Å². The highest BCUT2D eigenvalue weighted by Crippen LogP contribution is 2.14. The number of hydrogen-bond acceptors (Lipinski definition) is 6. The Morgan fingerprint density at radius 3 is 2.77 bits per heavy atom. The third-order valence-electron chi connectivity index (χ3n) is 3.28. The van der Waals surface area contributed by atoms with Crippen molar-refractivity contribution < 1.29 is 4.79 Å². The fraction of sp³-hybridized carbons (Fsp3) is 0.200. The molecule has 7 heteroatoms. The third-order valence-corrected chi connectivity index (χ3v) is 3.86. The number of amides is 1. The molecule has 22 heavy (non-hydrogen) atoms. The molecule has 1 aromatic carbocycles. The lowest BCUT2D eigenvalue weighted by atomic mass is 10.0. The maximum atomic E-state index is 11.1. The van der Waals surface area contributed by atoms with Crippen LogP contribution in [0.25, 0.3) is 0 Å². The molecule has 1 aromatic heterocycles. The van der Waals surface area contributed by atoms with Gasteiger partial charge >= 0.3 is 0 Å². The van der Waals surface area contributed by atoms with Crippen molar-refractivity contribution in [3.8, 4) is 0 Å². The number of nitrogens with zero attached hydrogens (tertiary/aromatic N) is 3. The molecular formula is C15H15N5OS. The molecule has 0 atom stereocenters. The molecule has 1 amide bonds. The van der Waals surface area contributed by atoms with E-state index >= 15 is 0 Å². The zero-order valence-electron chi connectivity index (χ0n) is 12.0. The van der Waals surface area contributed by atoms with Crippen LogP contribution in [0.3, 0.4) is 0 Å². The van der Waals surface area contributed by atoms with Crippen molar-refractivity contribution in [3.05, 3.63) is 46.4 Å². The van der Waals surface area contributed by atoms with E-state index in [0.717, 1.165) is 28.4 Å². The van der Waals surface area contributed by atoms with E-state index in [0.29, 0.717) is 12.8 Å². The van der Waals surface area contributed by atoms with Crippen molar-refractivity contribution in [2.45, 2.75) is 19.8 Å². The van der Waals surface area contributed by atoms with Crippen LogP contribution in [-0.2, 0) is 4.79 Å². The summed E-state index contributed by atoms with van der Waals surface area (Å²) in [4.78, 5) is 15.3. The highest BCUT2D eigenvalue weighted by Gasteiger charge is 2.12. The number of thiazole rings is 1. The lowest BCUT2D eigenvalue weighted by Gasteiger charge is -2.12. The second kappa shape index (κ2) is 6.48. The SMILES string of the molecule is CC(=NNc1ccc(C2=NNC(=O)CC2)cc1)c1cscn1. The van der Waals surface area contributed by atoms with E-state index in [1.807, 2.05) is 36.6 Å². The minimum Gasteiger partial charge on any atom is -0.278 e. The lowest BCUT2D eigenvalue weighted by molar-refractivity contribution is -0.121. The first-order chi connectivity index (χ1) is 10.7. The largest absolute Gasteiger partial charge is 0.278 e. The first kappa shape index (κ1) is 14.4. The van der Waals surface area contributed by atoms with Gasteiger partial charge in [-0.1, -0.05) is 12.1 Å². The van der Waals surface area contributed by atoms with E-state index in [1.165, 1.54) is 0 Å². The van der Waals surface area contributed by atoms with Crippen LogP contribution in [0.4, 0.5) is 5.69 Å². The molecule has 0 radical (unpaired) electrons. The predicted molar refractivity (Wildman–Crippen MR) is 88.3 cm³/mol. The first-order valence-electron chi connectivity index (χ1n) is 6.87. The number of hydrogen-bond donors (Lipinski definition) is 2. The Morgan fingerprint density at radius 1 is 1.32 bits per heavy atom. The van der Waals surface area contributed by atoms with Crippen molar-refractivity contribution in [2.75, 3.05) is 5.43 Å². The summed E-state index contributed by atoms with van der Waals surface area (Å²) in [5.41, 5.74) is 11.8. The second-order valence-corrected chi connectivity index (χ2v) is 5.57. The Morgan fingerprint density at radius 2 is 2.14 bits per heavy atom. The first-order valence-corrected chi connectivity index (χ1v) is 7.81. The van der Waals surface area contributed by atoms with Crippen molar-refractivity contribution in [2.24, 2.45) is 10.2 Å². The average Bonchev–Trinajstić information content (AvgIpc) is 3.08. The number of nitrogens with one attached hydrogen (secondary N) is 2. The number of hydrazone groups is 2. The van der Waals surface area contributed by atoms with Gasteiger partial charge in [0.15, 0.2) is 0 Å². The van der Waals surface area contributed by atoms with Gasteiger partial charge in [0.2, 0.25) is 5.91 Å². The van der Waals surface area contributed by atoms with E-state index in [2.05, 4.69) is 26.0 Å². The van der Waals surface area contributed by atoms with Crippen LogP contribution in [0.2, 0.25) is 0 Å². The Bertz CT molecular complexity index is 719. The van der Waals surface area contributed by atoms with Crippen LogP contribution in [0.1, 0.15) is 31.0 Å². The Balaban J connectivity index is 1.67. The molecule has 2 heterocycles. The molecule has 3 rings (SSSR count). The van der Waals surface area contributed by atoms with Gasteiger partial charge in [0, 0.05) is 18.2 Å². The van der Waals surface area contributed by atoms with E-state index < -0.39 is 0 Å². The topological polar surface area (TPSA) is 78.7 Å². The van der Waals surface area contributed by atoms with E-state index in [9.17, 15) is 4.79 Å². The number of aromatic nitrogens is 1. The smallest absolute Gasteiger partial charge is 0.240 e. The van der Waals surface area contributed by atoms with Gasteiger partial charge in [-0.2, -0.15) is 10.2 Å². The molecular weight excluding hydrogens is 298 g/mol. The zero-order chi connectivity index (χ0) is 15.4. The summed E-state index contributed by atoms with van der Waals surface area (Å²) < 4.78 is 0. The Kier molecular flexibility index (Phi) is 4.24. The summed E-state index contributed by atoms with van der Waals surface area (Å²) in [6.07, 6.45) is 1.15. The van der Waals surface area contributed by atoms with E-state index in [4.69, 9.17) is 0 Å². The molecule has 112 valence electrons. The fourth-order valence-electron chi connectivity index (χ4n) is 2.02. The lowest BCUT2D eigenvalue weighted by Crippen LogP contribution is -2.25. The minimum absolute atomic E-state index is 0.0334. The van der Waals surface area contributed by atoms with Crippen LogP contribution in [0, 0.1) is 0 Å². The van der Waals surface area contributed by atoms with Gasteiger partial charge in [-0.15, -0.1) is 11.3 Å². The van der Waals surface area contributed by atoms with Gasteiger partial charge in [0.05, 0.1) is 28.3 Å². The summed E-state index contributed by atoms with van der Waals surface area (Å²) in [6.45, 7) is 1.91. The molecule has 6 nitrogen and oxygen atoms in total. The standard InChI is InChI=1S/C15H15N5OS/c1-10(14-8-22-9-16-14)17-18-12-4-2-11(3-5-12)13-6-7-15(21)20-19-13/h2-5,8-9,18H,6-7H2,1H3,(H,20,21). The molecule has 2 aromatic rings. The fourth-order valence-corrected chi connectivity index (χ4v) is 2.61. The molecule has 1 aliphatic rings. The molecule has 1 aliphatic heterocycles. The van der Waals surface area contributed by atoms with Gasteiger partial charge in [-0.05, 0) is 24.6 Å². The van der Waals surface area contributed by atoms with Gasteiger partial charge in [-0.25, -0.2) is 10.4 Å². The summed E-state index contributed by atoms with van der Waals surface area (Å²) in [7, 11) is 0. The molecule has 0 unspecified atom stereocenters. The quantitative estimate of drug-likeness (QED) is 0.672. The molecule has 0 fully saturated rings. The monoisotopic (exact) mass is 313 g/mol. The molecule has 2 N–H and O–H groups in total. The number of carbonyl (C=O) groups is 1. The number of anilines is 1. The second-order valence-electron chi connectivity index (χ2n) is 4.85. The Labute approximate surface area is 132 Å². The summed E-state index contributed by atoms with van der Waals surface area (Å²) in [5, 5.41) is 10.4. The minimum atomic E-state index is -0.0334. The van der Waals surface area contributed by atoms with E-state index in [-0.39, 0.29) is 5.91 Å². The van der Waals surface area contributed by atoms with Crippen LogP contribution in [-0.4, -0.2) is 22.3 Å². The maximum absolute atomic E-state index is 11.1. The number of rotatable bonds is 4. The molecule has 0 bridgehead atoms. The highest BCUT2D eigenvalue weighted by atomic mass is 32.1. The number of benzene rings is 1. The third kappa shape index (κ3) is 3.37. The number of carbonyl (C=O) groups excluding carboxylic acids is 1. The van der Waals surface area contributed by atoms with Gasteiger partial charge in [0.25, 0.3) is 0 Å². The van der Waals surface area contributed by atoms with Crippen molar-refractivity contribution >= 4 is 34.4 Å². The van der Waals surface area contributed by atoms with Crippen LogP contribution in [0.5, 0.6) is 0 Å². The van der Waals surface area contributed by atoms with E-state index in [1.54, 1.807) is 16.8 Å². The maximum Gasteiger partial charge on any atom is 0.240 e. The van der Waals surface area contributed by atoms with Crippen LogP contribution >= 0.6 is 11.3 Å². The normalized spacial score (nSPS) is 15.2. The summed E-state index contributed by atoms with van der Waals surface area (Å²) in [5.74, 6) is -0.0334. The van der Waals surface area contributed by atoms with Crippen LogP contribution < -0.4 is 10.9 Å². The Hall–Kier alpha value is -2.54. The van der Waals surface area contributed by atoms with Crippen molar-refractivity contribution in [3.63, 3.8) is 0 Å². The zero-order valence-corrected chi connectivity index (χ0v) is 12.9. The van der Waals surface area contributed by atoms with Crippen molar-refractivity contribution in [1.82, 2.24) is 10.4 Å². The predicted octanol–water partition coefficient (Wildman–Crippen LogP) is 2.59. The molecule has 0 saturated heterocycles. The highest BCUT2D eigenvalue weighted by molar-refractivity contribution is 7.07. The van der Waals surface area contributed by atoms with Gasteiger partial charge in [-0.3, -0.25) is 10.2 Å². The summed E-state index contributed by atoms with van der Waals surface area (Å²) in [6, 6.07) is 7.80. The molecule has 0 saturated carbocycles. The van der Waals surface area contributed by atoms with Gasteiger partial charge in [0.1, 0.15) is 0 Å². The summed E-state index contributed by atoms with van der Waals surface area (Å²) >= 11 is 1.54.